The topological polar surface area (TPSA) is 33.7 Å². The van der Waals surface area contributed by atoms with Crippen molar-refractivity contribution < 1.29 is 9.47 Å². The van der Waals surface area contributed by atoms with Gasteiger partial charge in [0, 0.05) is 45.3 Å². The number of hydrogen-bond acceptors (Lipinski definition) is 4. The summed E-state index contributed by atoms with van der Waals surface area (Å²) in [6, 6.07) is 1.26. The Hall–Kier alpha value is -0.160. The van der Waals surface area contributed by atoms with Gasteiger partial charge in [-0.15, -0.1) is 0 Å². The number of likely N-dealkylation sites (tertiary alicyclic amines) is 1. The maximum Gasteiger partial charge on any atom is 0.106 e. The van der Waals surface area contributed by atoms with Crippen molar-refractivity contribution in [2.24, 2.45) is 5.92 Å². The Morgan fingerprint density at radius 2 is 2.21 bits per heavy atom. The Kier molecular flexibility index (Phi) is 5.23. The van der Waals surface area contributed by atoms with Gasteiger partial charge in [-0.25, -0.2) is 0 Å². The lowest BCUT2D eigenvalue weighted by atomic mass is 9.86. The molecule has 0 aliphatic carbocycles. The van der Waals surface area contributed by atoms with E-state index in [1.165, 1.54) is 6.42 Å². The molecule has 2 aliphatic rings. The van der Waals surface area contributed by atoms with Crippen LogP contribution in [0, 0.1) is 5.92 Å². The van der Waals surface area contributed by atoms with Gasteiger partial charge in [-0.2, -0.15) is 0 Å². The Morgan fingerprint density at radius 3 is 2.79 bits per heavy atom. The van der Waals surface area contributed by atoms with Gasteiger partial charge in [-0.1, -0.05) is 13.8 Å². The molecule has 0 aromatic carbocycles. The lowest BCUT2D eigenvalue weighted by Gasteiger charge is -2.45. The van der Waals surface area contributed by atoms with Crippen molar-refractivity contribution in [2.75, 3.05) is 40.0 Å². The standard InChI is InChI=1S/C15H30N2O2/c1-5-16-14-6-8-17(13(3)12(14)2)10-15(18-4)7-9-19-11-15/h12-14,16H,5-11H2,1-4H3. The molecule has 0 amide bonds. The zero-order valence-electron chi connectivity index (χ0n) is 12.9. The summed E-state index contributed by atoms with van der Waals surface area (Å²) in [4.78, 5) is 2.59. The first-order valence-corrected chi connectivity index (χ1v) is 7.72. The molecule has 2 heterocycles. The smallest absolute Gasteiger partial charge is 0.106 e. The van der Waals surface area contributed by atoms with Crippen LogP contribution in [0.2, 0.25) is 0 Å². The molecule has 0 aromatic rings. The zero-order chi connectivity index (χ0) is 13.9. The number of piperidine rings is 1. The van der Waals surface area contributed by atoms with Crippen molar-refractivity contribution >= 4 is 0 Å². The summed E-state index contributed by atoms with van der Waals surface area (Å²) >= 11 is 0. The summed E-state index contributed by atoms with van der Waals surface area (Å²) in [5.74, 6) is 0.685. The highest BCUT2D eigenvalue weighted by Crippen LogP contribution is 2.29. The minimum absolute atomic E-state index is 0.0704. The van der Waals surface area contributed by atoms with Crippen LogP contribution in [0.4, 0.5) is 0 Å². The summed E-state index contributed by atoms with van der Waals surface area (Å²) in [6.45, 7) is 11.7. The van der Waals surface area contributed by atoms with Crippen LogP contribution in [0.5, 0.6) is 0 Å². The molecular weight excluding hydrogens is 240 g/mol. The monoisotopic (exact) mass is 270 g/mol. The van der Waals surface area contributed by atoms with Gasteiger partial charge in [-0.3, -0.25) is 4.90 Å². The summed E-state index contributed by atoms with van der Waals surface area (Å²) in [7, 11) is 1.83. The van der Waals surface area contributed by atoms with E-state index in [0.717, 1.165) is 39.3 Å². The Balaban J connectivity index is 1.94. The second-order valence-electron chi connectivity index (χ2n) is 6.21. The second-order valence-corrected chi connectivity index (χ2v) is 6.21. The van der Waals surface area contributed by atoms with Gasteiger partial charge in [0.05, 0.1) is 6.61 Å². The van der Waals surface area contributed by atoms with E-state index in [9.17, 15) is 0 Å². The molecule has 0 saturated carbocycles. The highest BCUT2D eigenvalue weighted by molar-refractivity contribution is 4.94. The maximum absolute atomic E-state index is 5.78. The normalized spacial score (nSPS) is 40.7. The third kappa shape index (κ3) is 3.30. The van der Waals surface area contributed by atoms with E-state index in [1.807, 2.05) is 7.11 Å². The Morgan fingerprint density at radius 1 is 1.42 bits per heavy atom. The number of rotatable bonds is 5. The zero-order valence-corrected chi connectivity index (χ0v) is 12.9. The molecule has 4 nitrogen and oxygen atoms in total. The van der Waals surface area contributed by atoms with Crippen molar-refractivity contribution in [1.29, 1.82) is 0 Å². The minimum atomic E-state index is -0.0704. The molecule has 2 fully saturated rings. The molecule has 1 N–H and O–H groups in total. The predicted octanol–water partition coefficient (Wildman–Crippen LogP) is 1.50. The second kappa shape index (κ2) is 6.53. The largest absolute Gasteiger partial charge is 0.378 e. The Bertz CT molecular complexity index is 279. The summed E-state index contributed by atoms with van der Waals surface area (Å²) in [5.41, 5.74) is -0.0704. The Labute approximate surface area is 117 Å². The molecule has 0 radical (unpaired) electrons. The fourth-order valence-electron chi connectivity index (χ4n) is 3.52. The third-order valence-corrected chi connectivity index (χ3v) is 5.16. The highest BCUT2D eigenvalue weighted by atomic mass is 16.5. The number of nitrogens with zero attached hydrogens (tertiary/aromatic N) is 1. The van der Waals surface area contributed by atoms with Gasteiger partial charge in [0.25, 0.3) is 0 Å². The average molecular weight is 270 g/mol. The number of methoxy groups -OCH3 is 1. The molecule has 2 aliphatic heterocycles. The van der Waals surface area contributed by atoms with Crippen LogP contribution in [0.3, 0.4) is 0 Å². The van der Waals surface area contributed by atoms with Gasteiger partial charge in [0.1, 0.15) is 5.60 Å². The van der Waals surface area contributed by atoms with E-state index in [1.54, 1.807) is 0 Å². The van der Waals surface area contributed by atoms with E-state index in [0.29, 0.717) is 18.0 Å². The molecule has 0 spiro atoms. The predicted molar refractivity (Wildman–Crippen MR) is 77.5 cm³/mol. The van der Waals surface area contributed by atoms with Gasteiger partial charge in [0.15, 0.2) is 0 Å². The number of ether oxygens (including phenoxy) is 2. The van der Waals surface area contributed by atoms with E-state index >= 15 is 0 Å². The lowest BCUT2D eigenvalue weighted by Crippen LogP contribution is -2.57. The van der Waals surface area contributed by atoms with Crippen molar-refractivity contribution in [3.63, 3.8) is 0 Å². The quantitative estimate of drug-likeness (QED) is 0.821. The molecule has 4 atom stereocenters. The third-order valence-electron chi connectivity index (χ3n) is 5.16. The first kappa shape index (κ1) is 15.2. The maximum atomic E-state index is 5.78. The fraction of sp³-hybridized carbons (Fsp3) is 1.00. The minimum Gasteiger partial charge on any atom is -0.378 e. The van der Waals surface area contributed by atoms with Crippen molar-refractivity contribution in [3.8, 4) is 0 Å². The van der Waals surface area contributed by atoms with Gasteiger partial charge in [0.2, 0.25) is 0 Å². The SMILES string of the molecule is CCNC1CCN(CC2(OC)CCOC2)C(C)C1C. The van der Waals surface area contributed by atoms with Crippen LogP contribution in [-0.2, 0) is 9.47 Å². The number of hydrogen-bond donors (Lipinski definition) is 1. The van der Waals surface area contributed by atoms with Crippen LogP contribution < -0.4 is 5.32 Å². The molecule has 112 valence electrons. The van der Waals surface area contributed by atoms with Gasteiger partial charge in [-0.05, 0) is 25.8 Å². The van der Waals surface area contributed by atoms with Crippen LogP contribution >= 0.6 is 0 Å². The average Bonchev–Trinajstić information content (AvgIpc) is 2.88. The van der Waals surface area contributed by atoms with E-state index in [4.69, 9.17) is 9.47 Å². The first-order chi connectivity index (χ1) is 9.12. The number of nitrogens with one attached hydrogen (secondary N) is 1. The molecular formula is C15H30N2O2. The van der Waals surface area contributed by atoms with Crippen LogP contribution in [0.1, 0.15) is 33.6 Å². The molecule has 19 heavy (non-hydrogen) atoms. The lowest BCUT2D eigenvalue weighted by molar-refractivity contribution is -0.0604. The molecule has 0 aromatic heterocycles. The molecule has 2 rings (SSSR count). The van der Waals surface area contributed by atoms with Crippen LogP contribution in [0.15, 0.2) is 0 Å². The van der Waals surface area contributed by atoms with Gasteiger partial charge < -0.3 is 14.8 Å². The molecule has 0 bridgehead atoms. The van der Waals surface area contributed by atoms with Crippen LogP contribution in [-0.4, -0.2) is 62.5 Å². The van der Waals surface area contributed by atoms with Crippen molar-refractivity contribution in [1.82, 2.24) is 10.2 Å². The highest BCUT2D eigenvalue weighted by Gasteiger charge is 2.40. The van der Waals surface area contributed by atoms with Crippen LogP contribution in [0.25, 0.3) is 0 Å². The van der Waals surface area contributed by atoms with Gasteiger partial charge >= 0.3 is 0 Å². The van der Waals surface area contributed by atoms with E-state index in [2.05, 4.69) is 31.0 Å². The molecule has 4 unspecified atom stereocenters. The summed E-state index contributed by atoms with van der Waals surface area (Å²) in [5, 5.41) is 3.62. The summed E-state index contributed by atoms with van der Waals surface area (Å²) in [6.07, 6.45) is 2.26. The molecule has 4 heteroatoms. The summed E-state index contributed by atoms with van der Waals surface area (Å²) < 4.78 is 11.3. The van der Waals surface area contributed by atoms with E-state index in [-0.39, 0.29) is 5.60 Å². The van der Waals surface area contributed by atoms with E-state index < -0.39 is 0 Å². The van der Waals surface area contributed by atoms with Crippen molar-refractivity contribution in [3.05, 3.63) is 0 Å². The fourth-order valence-corrected chi connectivity index (χ4v) is 3.52. The first-order valence-electron chi connectivity index (χ1n) is 7.72. The molecule has 2 saturated heterocycles. The van der Waals surface area contributed by atoms with Crippen molar-refractivity contribution in [2.45, 2.75) is 51.3 Å².